The average Bonchev–Trinajstić information content (AvgIpc) is 2.95. The Balaban J connectivity index is 1.73. The lowest BCUT2D eigenvalue weighted by atomic mass is 9.81. The lowest BCUT2D eigenvalue weighted by Gasteiger charge is -2.26. The molecule has 2 aliphatic rings. The van der Waals surface area contributed by atoms with Crippen LogP contribution in [-0.4, -0.2) is 17.7 Å². The first-order valence-corrected chi connectivity index (χ1v) is 9.37. The van der Waals surface area contributed by atoms with E-state index in [0.717, 1.165) is 11.4 Å². The van der Waals surface area contributed by atoms with Crippen LogP contribution in [0.5, 0.6) is 0 Å². The van der Waals surface area contributed by atoms with E-state index in [-0.39, 0.29) is 24.0 Å². The molecule has 0 spiro atoms. The second-order valence-electron chi connectivity index (χ2n) is 7.78. The van der Waals surface area contributed by atoms with Gasteiger partial charge in [0, 0.05) is 36.1 Å². The van der Waals surface area contributed by atoms with E-state index in [9.17, 15) is 9.59 Å². The van der Waals surface area contributed by atoms with Crippen LogP contribution < -0.4 is 10.6 Å². The van der Waals surface area contributed by atoms with Gasteiger partial charge in [0.2, 0.25) is 5.91 Å². The molecule has 1 heterocycles. The SMILES string of the molecule is CC1=CC2c3cc(NC(=O)CCC(=O)C(C)C)ccc3NC2C(C)=C1C. The molecule has 2 unspecified atom stereocenters. The number of amides is 1. The number of fused-ring (bicyclic) bond motifs is 3. The van der Waals surface area contributed by atoms with Crippen LogP contribution >= 0.6 is 0 Å². The van der Waals surface area contributed by atoms with E-state index in [0.29, 0.717) is 18.4 Å². The number of Topliss-reactive ketones (excluding diaryl/α,β-unsaturated/α-hetero) is 1. The van der Waals surface area contributed by atoms with Crippen molar-refractivity contribution in [3.05, 3.63) is 46.6 Å². The van der Waals surface area contributed by atoms with Gasteiger partial charge in [-0.25, -0.2) is 0 Å². The van der Waals surface area contributed by atoms with Crippen molar-refractivity contribution >= 4 is 23.1 Å². The van der Waals surface area contributed by atoms with E-state index < -0.39 is 0 Å². The Kier molecular flexibility index (Phi) is 5.03. The second kappa shape index (κ2) is 7.10. The summed E-state index contributed by atoms with van der Waals surface area (Å²) in [7, 11) is 0. The molecule has 0 fully saturated rings. The normalized spacial score (nSPS) is 21.1. The van der Waals surface area contributed by atoms with Gasteiger partial charge in [0.05, 0.1) is 6.04 Å². The third kappa shape index (κ3) is 3.46. The van der Waals surface area contributed by atoms with Crippen molar-refractivity contribution in [1.29, 1.82) is 0 Å². The molecular weight excluding hydrogens is 324 g/mol. The maximum Gasteiger partial charge on any atom is 0.224 e. The standard InChI is InChI=1S/C22H28N2O2/c1-12(2)20(25)8-9-21(26)23-16-6-7-19-17(11-16)18-10-13(3)14(4)15(5)22(18)24-19/h6-7,10-12,18,22,24H,8-9H2,1-5H3,(H,23,26). The third-order valence-corrected chi connectivity index (χ3v) is 5.69. The molecule has 2 atom stereocenters. The summed E-state index contributed by atoms with van der Waals surface area (Å²) in [5.41, 5.74) is 7.20. The number of ketones is 1. The predicted octanol–water partition coefficient (Wildman–Crippen LogP) is 4.80. The van der Waals surface area contributed by atoms with Crippen LogP contribution in [0.25, 0.3) is 0 Å². The van der Waals surface area contributed by atoms with E-state index >= 15 is 0 Å². The van der Waals surface area contributed by atoms with Crippen LogP contribution in [0.4, 0.5) is 11.4 Å². The van der Waals surface area contributed by atoms with Gasteiger partial charge in [0.1, 0.15) is 5.78 Å². The molecule has 1 aromatic rings. The zero-order valence-corrected chi connectivity index (χ0v) is 16.3. The number of allylic oxidation sites excluding steroid dienone is 2. The average molecular weight is 352 g/mol. The highest BCUT2D eigenvalue weighted by atomic mass is 16.2. The van der Waals surface area contributed by atoms with Gasteiger partial charge in [0.25, 0.3) is 0 Å². The summed E-state index contributed by atoms with van der Waals surface area (Å²) in [5.74, 6) is 0.297. The highest BCUT2D eigenvalue weighted by Gasteiger charge is 2.35. The molecule has 1 amide bonds. The fourth-order valence-corrected chi connectivity index (χ4v) is 3.74. The Morgan fingerprint density at radius 1 is 1.15 bits per heavy atom. The quantitative estimate of drug-likeness (QED) is 0.800. The van der Waals surface area contributed by atoms with Crippen LogP contribution in [0.1, 0.15) is 58.9 Å². The minimum absolute atomic E-state index is 0.0214. The zero-order chi connectivity index (χ0) is 19.0. The van der Waals surface area contributed by atoms with E-state index in [1.165, 1.54) is 22.3 Å². The molecule has 0 aromatic heterocycles. The molecule has 1 aromatic carbocycles. The minimum Gasteiger partial charge on any atom is -0.377 e. The Labute approximate surface area is 155 Å². The summed E-state index contributed by atoms with van der Waals surface area (Å²) in [6.07, 6.45) is 2.85. The smallest absolute Gasteiger partial charge is 0.224 e. The van der Waals surface area contributed by atoms with Gasteiger partial charge in [-0.3, -0.25) is 9.59 Å². The first-order valence-electron chi connectivity index (χ1n) is 9.37. The number of rotatable bonds is 5. The van der Waals surface area contributed by atoms with Gasteiger partial charge in [0.15, 0.2) is 0 Å². The van der Waals surface area contributed by atoms with Gasteiger partial charge in [-0.15, -0.1) is 0 Å². The van der Waals surface area contributed by atoms with Gasteiger partial charge < -0.3 is 10.6 Å². The second-order valence-corrected chi connectivity index (χ2v) is 7.78. The summed E-state index contributed by atoms with van der Waals surface area (Å²) in [6, 6.07) is 6.32. The minimum atomic E-state index is -0.108. The molecular formula is C22H28N2O2. The molecule has 0 bridgehead atoms. The number of benzene rings is 1. The van der Waals surface area contributed by atoms with E-state index in [1.807, 2.05) is 26.0 Å². The van der Waals surface area contributed by atoms with Crippen molar-refractivity contribution < 1.29 is 9.59 Å². The monoisotopic (exact) mass is 352 g/mol. The number of carbonyl (C=O) groups excluding carboxylic acids is 2. The molecule has 0 saturated heterocycles. The van der Waals surface area contributed by atoms with Gasteiger partial charge in [-0.2, -0.15) is 0 Å². The molecule has 0 saturated carbocycles. The summed E-state index contributed by atoms with van der Waals surface area (Å²) < 4.78 is 0. The van der Waals surface area contributed by atoms with Crippen molar-refractivity contribution in [2.75, 3.05) is 10.6 Å². The summed E-state index contributed by atoms with van der Waals surface area (Å²) in [5, 5.41) is 6.55. The number of hydrogen-bond donors (Lipinski definition) is 2. The van der Waals surface area contributed by atoms with Crippen LogP contribution in [0, 0.1) is 5.92 Å². The topological polar surface area (TPSA) is 58.2 Å². The molecule has 1 aliphatic carbocycles. The number of nitrogens with one attached hydrogen (secondary N) is 2. The largest absolute Gasteiger partial charge is 0.377 e. The first-order chi connectivity index (χ1) is 12.3. The van der Waals surface area contributed by atoms with Gasteiger partial charge in [-0.1, -0.05) is 25.5 Å². The summed E-state index contributed by atoms with van der Waals surface area (Å²) >= 11 is 0. The van der Waals surface area contributed by atoms with Gasteiger partial charge >= 0.3 is 0 Å². The number of anilines is 2. The molecule has 4 heteroatoms. The molecule has 138 valence electrons. The van der Waals surface area contributed by atoms with E-state index in [4.69, 9.17) is 0 Å². The number of carbonyl (C=O) groups is 2. The van der Waals surface area contributed by atoms with Crippen molar-refractivity contribution in [1.82, 2.24) is 0 Å². The van der Waals surface area contributed by atoms with Crippen molar-refractivity contribution in [3.63, 3.8) is 0 Å². The predicted molar refractivity (Wildman–Crippen MR) is 106 cm³/mol. The lowest BCUT2D eigenvalue weighted by molar-refractivity contribution is -0.124. The van der Waals surface area contributed by atoms with Crippen LogP contribution in [-0.2, 0) is 9.59 Å². The highest BCUT2D eigenvalue weighted by molar-refractivity contribution is 5.94. The van der Waals surface area contributed by atoms with Crippen LogP contribution in [0.15, 0.2) is 41.0 Å². The van der Waals surface area contributed by atoms with Crippen molar-refractivity contribution in [2.45, 2.75) is 59.4 Å². The summed E-state index contributed by atoms with van der Waals surface area (Å²) in [6.45, 7) is 10.2. The Hall–Kier alpha value is -2.36. The highest BCUT2D eigenvalue weighted by Crippen LogP contribution is 2.45. The molecule has 0 radical (unpaired) electrons. The van der Waals surface area contributed by atoms with Gasteiger partial charge in [-0.05, 0) is 55.7 Å². The maximum absolute atomic E-state index is 12.2. The molecule has 3 rings (SSSR count). The Morgan fingerprint density at radius 2 is 1.88 bits per heavy atom. The molecule has 2 N–H and O–H groups in total. The Bertz CT molecular complexity index is 817. The van der Waals surface area contributed by atoms with Crippen molar-refractivity contribution in [2.24, 2.45) is 5.92 Å². The van der Waals surface area contributed by atoms with E-state index in [2.05, 4.69) is 43.5 Å². The molecule has 1 aliphatic heterocycles. The fourth-order valence-electron chi connectivity index (χ4n) is 3.74. The first kappa shape index (κ1) is 18.4. The van der Waals surface area contributed by atoms with Crippen LogP contribution in [0.3, 0.4) is 0 Å². The third-order valence-electron chi connectivity index (χ3n) is 5.69. The number of hydrogen-bond acceptors (Lipinski definition) is 3. The molecule has 26 heavy (non-hydrogen) atoms. The maximum atomic E-state index is 12.2. The summed E-state index contributed by atoms with van der Waals surface area (Å²) in [4.78, 5) is 23.9. The fraction of sp³-hybridized carbons (Fsp3) is 0.455. The lowest BCUT2D eigenvalue weighted by Crippen LogP contribution is -2.25. The van der Waals surface area contributed by atoms with E-state index in [1.54, 1.807) is 0 Å². The zero-order valence-electron chi connectivity index (χ0n) is 16.3. The Morgan fingerprint density at radius 3 is 2.58 bits per heavy atom. The van der Waals surface area contributed by atoms with Crippen molar-refractivity contribution in [3.8, 4) is 0 Å². The molecule has 4 nitrogen and oxygen atoms in total. The van der Waals surface area contributed by atoms with Crippen LogP contribution in [0.2, 0.25) is 0 Å².